The van der Waals surface area contributed by atoms with Crippen molar-refractivity contribution in [2.24, 2.45) is 29.1 Å². The van der Waals surface area contributed by atoms with Crippen LogP contribution in [0.5, 0.6) is 5.75 Å². The van der Waals surface area contributed by atoms with Crippen molar-refractivity contribution < 1.29 is 57.4 Å². The van der Waals surface area contributed by atoms with Gasteiger partial charge in [0.05, 0.1) is 32.2 Å². The first-order valence-corrected chi connectivity index (χ1v) is 24.2. The van der Waals surface area contributed by atoms with Gasteiger partial charge in [0.25, 0.3) is 5.91 Å². The molecule has 1 aliphatic rings. The van der Waals surface area contributed by atoms with Crippen molar-refractivity contribution in [3.05, 3.63) is 29.8 Å². The molecule has 1 fully saturated rings. The number of likely N-dealkylation sites (N-methyl/N-ethyl adjacent to an activating group) is 3. The molecule has 0 saturated carbocycles. The molecule has 392 valence electrons. The Labute approximate surface area is 413 Å². The molecule has 1 heterocycles. The number of ketones is 1. The summed E-state index contributed by atoms with van der Waals surface area (Å²) in [5.41, 5.74) is -1.16. The predicted molar refractivity (Wildman–Crippen MR) is 261 cm³/mol. The lowest BCUT2D eigenvalue weighted by molar-refractivity contribution is -0.163. The van der Waals surface area contributed by atoms with Crippen LogP contribution in [0, 0.1) is 29.1 Å². The fraction of sp³-hybridized carbons (Fsp3) is 0.680. The lowest BCUT2D eigenvalue weighted by Crippen LogP contribution is -2.60. The zero-order valence-corrected chi connectivity index (χ0v) is 44.1. The van der Waals surface area contributed by atoms with Crippen molar-refractivity contribution in [2.75, 3.05) is 41.3 Å². The Balaban J connectivity index is 2.69. The molecule has 1 aliphatic heterocycles. The molecule has 20 nitrogen and oxygen atoms in total. The van der Waals surface area contributed by atoms with Crippen LogP contribution < -0.4 is 31.3 Å². The molecule has 70 heavy (non-hydrogen) atoms. The molecule has 1 saturated heterocycles. The fourth-order valence-electron chi connectivity index (χ4n) is 8.18. The van der Waals surface area contributed by atoms with Gasteiger partial charge in [0.2, 0.25) is 41.4 Å². The van der Waals surface area contributed by atoms with E-state index in [2.05, 4.69) is 26.6 Å². The predicted octanol–water partition coefficient (Wildman–Crippen LogP) is 1.76. The van der Waals surface area contributed by atoms with Crippen molar-refractivity contribution in [1.29, 1.82) is 0 Å². The highest BCUT2D eigenvalue weighted by Crippen LogP contribution is 2.23. The molecule has 0 aliphatic carbocycles. The molecule has 0 spiro atoms. The summed E-state index contributed by atoms with van der Waals surface area (Å²) in [5, 5.41) is 13.2. The van der Waals surface area contributed by atoms with Crippen molar-refractivity contribution in [3.8, 4) is 5.75 Å². The van der Waals surface area contributed by atoms with E-state index in [0.717, 1.165) is 0 Å². The number of Topliss-reactive ketones (excluding diaryl/α,β-unsaturated/α-hetero) is 1. The number of benzene rings is 1. The van der Waals surface area contributed by atoms with Crippen molar-refractivity contribution >= 4 is 59.0 Å². The summed E-state index contributed by atoms with van der Waals surface area (Å²) in [7, 11) is 5.72. The second-order valence-corrected chi connectivity index (χ2v) is 19.5. The third kappa shape index (κ3) is 15.5. The fourth-order valence-corrected chi connectivity index (χ4v) is 8.18. The van der Waals surface area contributed by atoms with Crippen LogP contribution >= 0.6 is 0 Å². The number of cyclic esters (lactones) is 1. The summed E-state index contributed by atoms with van der Waals surface area (Å²) in [6, 6.07) is 0.0462. The van der Waals surface area contributed by atoms with Gasteiger partial charge < -0.3 is 50.8 Å². The number of esters is 1. The third-order valence-corrected chi connectivity index (χ3v) is 13.6. The number of nitrogens with zero attached hydrogens (tertiary/aromatic N) is 3. The van der Waals surface area contributed by atoms with E-state index in [1.54, 1.807) is 65.8 Å². The molecule has 0 radical (unpaired) electrons. The Hall–Kier alpha value is -6.08. The van der Waals surface area contributed by atoms with E-state index in [0.29, 0.717) is 24.2 Å². The maximum absolute atomic E-state index is 14.6. The van der Waals surface area contributed by atoms with Crippen molar-refractivity contribution in [2.45, 2.75) is 151 Å². The minimum absolute atomic E-state index is 0.0333. The highest BCUT2D eigenvalue weighted by Gasteiger charge is 2.43. The standard InChI is InChI=1S/C50H80N8O12/c1-17-28(6)40-45(64)51-25-37(59)57(14)39(27(4)5)47(66)56(13)36(24-33-20-22-34(69-16)23-21-33)44(63)53-31(9)42(61)50(11,12)49(68)54-32(10)43(62)55-35(19-3)30(8)48(67)70-41(29(7)18-2)46(65)52-26-38(60)58(40)15/h20-23,27-32,35-36,39-41H,17-19,24-26H2,1-16H3,(H,51,64)(H,52,65)(H,53,63)(H,54,68)(H,55,62)/t28-,29+,30+,31-,32-,35-,36-,39-,40+,41-/m1/s1. The van der Waals surface area contributed by atoms with Gasteiger partial charge in [-0.05, 0) is 77.0 Å². The van der Waals surface area contributed by atoms with Gasteiger partial charge in [-0.15, -0.1) is 0 Å². The van der Waals surface area contributed by atoms with E-state index < -0.39 is 144 Å². The van der Waals surface area contributed by atoms with Gasteiger partial charge in [0.1, 0.15) is 35.3 Å². The van der Waals surface area contributed by atoms with Gasteiger partial charge in [-0.3, -0.25) is 47.9 Å². The van der Waals surface area contributed by atoms with Crippen LogP contribution in [0.15, 0.2) is 24.3 Å². The lowest BCUT2D eigenvalue weighted by Gasteiger charge is -2.37. The van der Waals surface area contributed by atoms with Crippen LogP contribution in [0.1, 0.15) is 108 Å². The molecular formula is C50H80N8O12. The van der Waals surface area contributed by atoms with Crippen LogP contribution in [0.4, 0.5) is 0 Å². The Morgan fingerprint density at radius 1 is 0.671 bits per heavy atom. The highest BCUT2D eigenvalue weighted by molar-refractivity contribution is 6.09. The Morgan fingerprint density at radius 3 is 1.70 bits per heavy atom. The first-order chi connectivity index (χ1) is 32.6. The molecule has 10 atom stereocenters. The van der Waals surface area contributed by atoms with Crippen LogP contribution in [-0.2, 0) is 59.1 Å². The Kier molecular flexibility index (Phi) is 23.0. The zero-order valence-electron chi connectivity index (χ0n) is 44.1. The van der Waals surface area contributed by atoms with Gasteiger partial charge in [-0.2, -0.15) is 0 Å². The van der Waals surface area contributed by atoms with Crippen LogP contribution in [0.25, 0.3) is 0 Å². The number of amides is 8. The van der Waals surface area contributed by atoms with Crippen LogP contribution in [0.3, 0.4) is 0 Å². The molecule has 20 heteroatoms. The molecule has 0 aromatic heterocycles. The van der Waals surface area contributed by atoms with Gasteiger partial charge in [-0.1, -0.05) is 67.0 Å². The van der Waals surface area contributed by atoms with E-state index in [1.165, 1.54) is 77.6 Å². The van der Waals surface area contributed by atoms with E-state index in [-0.39, 0.29) is 12.8 Å². The van der Waals surface area contributed by atoms with Gasteiger partial charge in [0, 0.05) is 39.5 Å². The van der Waals surface area contributed by atoms with Crippen molar-refractivity contribution in [3.63, 3.8) is 0 Å². The maximum Gasteiger partial charge on any atom is 0.311 e. The van der Waals surface area contributed by atoms with Gasteiger partial charge in [0.15, 0.2) is 11.9 Å². The lowest BCUT2D eigenvalue weighted by atomic mass is 9.83. The van der Waals surface area contributed by atoms with E-state index >= 15 is 0 Å². The highest BCUT2D eigenvalue weighted by atomic mass is 16.5. The zero-order chi connectivity index (χ0) is 53.5. The first kappa shape index (κ1) is 60.0. The van der Waals surface area contributed by atoms with Crippen LogP contribution in [0.2, 0.25) is 0 Å². The average Bonchev–Trinajstić information content (AvgIpc) is 3.32. The second kappa shape index (κ2) is 26.8. The number of carbonyl (C=O) groups is 10. The Bertz CT molecular complexity index is 2040. The molecule has 0 unspecified atom stereocenters. The summed E-state index contributed by atoms with van der Waals surface area (Å²) in [6.45, 7) is 18.2. The minimum Gasteiger partial charge on any atom is -0.497 e. The summed E-state index contributed by atoms with van der Waals surface area (Å²) < 4.78 is 11.0. The number of carbonyl (C=O) groups excluding carboxylic acids is 10. The smallest absolute Gasteiger partial charge is 0.311 e. The maximum atomic E-state index is 14.6. The number of rotatable bonds is 9. The average molecular weight is 985 g/mol. The van der Waals surface area contributed by atoms with Gasteiger partial charge in [-0.25, -0.2) is 0 Å². The molecule has 5 N–H and O–H groups in total. The Morgan fingerprint density at radius 2 is 1.20 bits per heavy atom. The normalized spacial score (nSPS) is 27.1. The largest absolute Gasteiger partial charge is 0.497 e. The van der Waals surface area contributed by atoms with E-state index in [4.69, 9.17) is 9.47 Å². The molecule has 2 rings (SSSR count). The number of hydrogen-bond donors (Lipinski definition) is 5. The molecule has 1 aromatic carbocycles. The van der Waals surface area contributed by atoms with Gasteiger partial charge >= 0.3 is 5.97 Å². The minimum atomic E-state index is -1.79. The summed E-state index contributed by atoms with van der Waals surface area (Å²) in [6.07, 6.45) is -0.234. The molecule has 8 amide bonds. The van der Waals surface area contributed by atoms with Crippen LogP contribution in [-0.4, -0.2) is 157 Å². The third-order valence-electron chi connectivity index (χ3n) is 13.6. The topological polar surface area (TPSA) is 259 Å². The first-order valence-electron chi connectivity index (χ1n) is 24.2. The quantitative estimate of drug-likeness (QED) is 0.175. The monoisotopic (exact) mass is 985 g/mol. The number of nitrogens with one attached hydrogen (secondary N) is 5. The molecule has 0 bridgehead atoms. The SMILES string of the molecule is CC[C@@H](C)[C@H]1C(=O)NCC(=O)N(C)[C@H](C(C)C)C(=O)N(C)[C@H](Cc2ccc(OC)cc2)C(=O)N[C@H](C)C(=O)C(C)(C)C(=O)N[C@H](C)C(=O)N[C@H](CC)[C@H](C)C(=O)O[C@H]([C@@H](C)CC)C(=O)NCC(=O)N1C. The van der Waals surface area contributed by atoms with E-state index in [9.17, 15) is 47.9 Å². The summed E-state index contributed by atoms with van der Waals surface area (Å²) in [5.74, 6) is -8.89. The summed E-state index contributed by atoms with van der Waals surface area (Å²) >= 11 is 0. The second-order valence-electron chi connectivity index (χ2n) is 19.5. The molecular weight excluding hydrogens is 905 g/mol. The van der Waals surface area contributed by atoms with E-state index in [1.807, 2.05) is 6.92 Å². The number of methoxy groups -OCH3 is 1. The molecule has 1 aromatic rings. The summed E-state index contributed by atoms with van der Waals surface area (Å²) in [4.78, 5) is 143. The van der Waals surface area contributed by atoms with Crippen molar-refractivity contribution in [1.82, 2.24) is 41.3 Å². The number of hydrogen-bond acceptors (Lipinski definition) is 12. The number of ether oxygens (including phenoxy) is 2.